The molecule has 4 heteroatoms. The van der Waals surface area contributed by atoms with Gasteiger partial charge in [-0.3, -0.25) is 0 Å². The molecule has 0 unspecified atom stereocenters. The van der Waals surface area contributed by atoms with Gasteiger partial charge in [0.1, 0.15) is 11.5 Å². The van der Waals surface area contributed by atoms with E-state index in [0.29, 0.717) is 21.8 Å². The largest absolute Gasteiger partial charge is 1.00 e. The van der Waals surface area contributed by atoms with Crippen molar-refractivity contribution < 1.29 is 34.0 Å². The molecule has 0 aliphatic rings. The van der Waals surface area contributed by atoms with E-state index in [1.54, 1.807) is 0 Å². The van der Waals surface area contributed by atoms with E-state index in [1.165, 1.54) is 22.6 Å². The van der Waals surface area contributed by atoms with Crippen LogP contribution in [0, 0.1) is 0 Å². The highest BCUT2D eigenvalue weighted by molar-refractivity contribution is 7.95. The first-order chi connectivity index (χ1) is 6.58. The number of hydrogen-bond donors (Lipinski definition) is 0. The maximum Gasteiger partial charge on any atom is 0.132 e. The van der Waals surface area contributed by atoms with Crippen LogP contribution >= 0.6 is 0 Å². The first-order valence-electron chi connectivity index (χ1n) is 4.74. The molecule has 0 amide bonds. The number of hydrogen-bond acceptors (Lipinski definition) is 0. The highest BCUT2D eigenvalue weighted by Gasteiger charge is 2.07. The summed E-state index contributed by atoms with van der Waals surface area (Å²) in [6.07, 6.45) is 9.18. The van der Waals surface area contributed by atoms with Crippen LogP contribution in [-0.4, -0.2) is 25.0 Å². The van der Waals surface area contributed by atoms with E-state index < -0.39 is 0 Å². The van der Waals surface area contributed by atoms with Gasteiger partial charge < -0.3 is 34.0 Å². The normalized spacial score (nSPS) is 9.88. The molecular weight excluding hydrogens is 368 g/mol. The summed E-state index contributed by atoms with van der Waals surface area (Å²) in [5.74, 6) is 2.45. The van der Waals surface area contributed by atoms with Crippen molar-refractivity contribution >= 4 is 21.8 Å². The SMILES string of the molecule is C[S+](C)Cc1ccc(C[S+](C)C)cc1.[Br-].[Br-]. The second-order valence-corrected chi connectivity index (χ2v) is 8.60. The summed E-state index contributed by atoms with van der Waals surface area (Å²) >= 11 is 0. The van der Waals surface area contributed by atoms with Crippen molar-refractivity contribution in [1.29, 1.82) is 0 Å². The molecule has 0 bridgehead atoms. The smallest absolute Gasteiger partial charge is 0.132 e. The highest BCUT2D eigenvalue weighted by atomic mass is 79.9. The summed E-state index contributed by atoms with van der Waals surface area (Å²) in [6, 6.07) is 9.15. The van der Waals surface area contributed by atoms with Gasteiger partial charge in [0.15, 0.2) is 0 Å². The molecule has 94 valence electrons. The van der Waals surface area contributed by atoms with Crippen molar-refractivity contribution in [2.45, 2.75) is 11.5 Å². The molecule has 0 saturated heterocycles. The van der Waals surface area contributed by atoms with E-state index >= 15 is 0 Å². The van der Waals surface area contributed by atoms with Crippen LogP contribution in [0.2, 0.25) is 0 Å². The van der Waals surface area contributed by atoms with Crippen LogP contribution in [0.25, 0.3) is 0 Å². The lowest BCUT2D eigenvalue weighted by Crippen LogP contribution is -3.00. The van der Waals surface area contributed by atoms with Crippen LogP contribution < -0.4 is 34.0 Å². The minimum Gasteiger partial charge on any atom is -1.00 e. The van der Waals surface area contributed by atoms with Gasteiger partial charge in [-0.05, 0) is 21.8 Å². The van der Waals surface area contributed by atoms with Crippen LogP contribution in [0.4, 0.5) is 0 Å². The molecule has 16 heavy (non-hydrogen) atoms. The van der Waals surface area contributed by atoms with Gasteiger partial charge in [-0.2, -0.15) is 0 Å². The Hall–Kier alpha value is 0.880. The predicted molar refractivity (Wildman–Crippen MR) is 72.3 cm³/mol. The summed E-state index contributed by atoms with van der Waals surface area (Å²) in [7, 11) is 1.04. The lowest BCUT2D eigenvalue weighted by atomic mass is 10.2. The fourth-order valence-electron chi connectivity index (χ4n) is 1.40. The van der Waals surface area contributed by atoms with Gasteiger partial charge in [-0.1, -0.05) is 24.3 Å². The molecule has 1 aromatic rings. The highest BCUT2D eigenvalue weighted by Crippen LogP contribution is 2.10. The van der Waals surface area contributed by atoms with Crippen LogP contribution in [0.3, 0.4) is 0 Å². The van der Waals surface area contributed by atoms with Crippen molar-refractivity contribution in [1.82, 2.24) is 0 Å². The van der Waals surface area contributed by atoms with E-state index in [9.17, 15) is 0 Å². The minimum absolute atomic E-state index is 0. The fraction of sp³-hybridized carbons (Fsp3) is 0.500. The summed E-state index contributed by atoms with van der Waals surface area (Å²) in [5.41, 5.74) is 2.96. The molecule has 0 N–H and O–H groups in total. The zero-order valence-electron chi connectivity index (χ0n) is 10.3. The maximum absolute atomic E-state index is 2.30. The topological polar surface area (TPSA) is 0 Å². The lowest BCUT2D eigenvalue weighted by molar-refractivity contribution is -0.001000. The minimum atomic E-state index is 0. The molecule has 0 radical (unpaired) electrons. The Balaban J connectivity index is 0. The Labute approximate surface area is 127 Å². The molecule has 0 heterocycles. The number of halogens is 2. The molecule has 0 nitrogen and oxygen atoms in total. The Morgan fingerprint density at radius 3 is 1.12 bits per heavy atom. The molecule has 0 aliphatic carbocycles. The quantitative estimate of drug-likeness (QED) is 0.469. The third-order valence-electron chi connectivity index (χ3n) is 1.93. The summed E-state index contributed by atoms with van der Waals surface area (Å²) in [5, 5.41) is 0. The van der Waals surface area contributed by atoms with Crippen LogP contribution in [0.15, 0.2) is 24.3 Å². The Morgan fingerprint density at radius 1 is 0.688 bits per heavy atom. The first kappa shape index (κ1) is 19.2. The van der Waals surface area contributed by atoms with E-state index in [1.807, 2.05) is 0 Å². The molecule has 1 aromatic carbocycles. The van der Waals surface area contributed by atoms with E-state index in [4.69, 9.17) is 0 Å². The van der Waals surface area contributed by atoms with Crippen molar-refractivity contribution in [2.75, 3.05) is 25.0 Å². The lowest BCUT2D eigenvalue weighted by Gasteiger charge is -2.01. The summed E-state index contributed by atoms with van der Waals surface area (Å²) in [4.78, 5) is 0. The first-order valence-corrected chi connectivity index (χ1v) is 9.16. The third kappa shape index (κ3) is 8.04. The Morgan fingerprint density at radius 2 is 0.938 bits per heavy atom. The average Bonchev–Trinajstić information content (AvgIpc) is 2.06. The number of rotatable bonds is 4. The molecule has 1 rings (SSSR count). The zero-order valence-corrected chi connectivity index (χ0v) is 15.1. The average molecular weight is 388 g/mol. The molecule has 0 fully saturated rings. The van der Waals surface area contributed by atoms with Crippen molar-refractivity contribution in [3.8, 4) is 0 Å². The predicted octanol–water partition coefficient (Wildman–Crippen LogP) is -3.55. The maximum atomic E-state index is 2.30. The van der Waals surface area contributed by atoms with Crippen LogP contribution in [-0.2, 0) is 33.3 Å². The second-order valence-electron chi connectivity index (χ2n) is 4.08. The van der Waals surface area contributed by atoms with Crippen molar-refractivity contribution in [3.05, 3.63) is 35.4 Å². The van der Waals surface area contributed by atoms with Gasteiger partial charge in [-0.25, -0.2) is 0 Å². The van der Waals surface area contributed by atoms with Gasteiger partial charge in [0, 0.05) is 11.1 Å². The summed E-state index contributed by atoms with van der Waals surface area (Å²) in [6.45, 7) is 0. The van der Waals surface area contributed by atoms with Gasteiger partial charge in [-0.15, -0.1) is 0 Å². The monoisotopic (exact) mass is 386 g/mol. The van der Waals surface area contributed by atoms with Crippen LogP contribution in [0.1, 0.15) is 11.1 Å². The van der Waals surface area contributed by atoms with Gasteiger partial charge in [0.2, 0.25) is 0 Å². The molecular formula is C12H20Br2S2. The van der Waals surface area contributed by atoms with Crippen molar-refractivity contribution in [2.24, 2.45) is 0 Å². The number of benzene rings is 1. The molecule has 0 atom stereocenters. The standard InChI is InChI=1S/C12H20S2.2BrH/c1-13(2)9-11-5-7-12(8-6-11)10-14(3)4;;/h5-8H,9-10H2,1-4H3;2*1H/q+2;;/p-2. The Bertz CT molecular complexity index is 242. The van der Waals surface area contributed by atoms with E-state index in [0.717, 1.165) is 0 Å². The van der Waals surface area contributed by atoms with E-state index in [2.05, 4.69) is 49.3 Å². The third-order valence-corrected chi connectivity index (χ3v) is 3.76. The van der Waals surface area contributed by atoms with Gasteiger partial charge in [0.25, 0.3) is 0 Å². The van der Waals surface area contributed by atoms with Gasteiger partial charge in [0.05, 0.1) is 25.0 Å². The van der Waals surface area contributed by atoms with Crippen molar-refractivity contribution in [3.63, 3.8) is 0 Å². The van der Waals surface area contributed by atoms with Gasteiger partial charge >= 0.3 is 0 Å². The molecule has 0 saturated carbocycles. The second kappa shape index (κ2) is 9.86. The zero-order chi connectivity index (χ0) is 10.6. The summed E-state index contributed by atoms with van der Waals surface area (Å²) < 4.78 is 0. The fourth-order valence-corrected chi connectivity index (χ4v) is 3.12. The molecule has 0 aliphatic heterocycles. The Kier molecular flexibility index (Phi) is 11.9. The molecule has 0 aromatic heterocycles. The van der Waals surface area contributed by atoms with E-state index in [-0.39, 0.29) is 34.0 Å². The molecule has 0 spiro atoms. The van der Waals surface area contributed by atoms with Crippen LogP contribution in [0.5, 0.6) is 0 Å².